The second-order valence-corrected chi connectivity index (χ2v) is 5.94. The van der Waals surface area contributed by atoms with Crippen LogP contribution in [-0.4, -0.2) is 37.1 Å². The number of nitrogens with zero attached hydrogens (tertiary/aromatic N) is 1. The highest BCUT2D eigenvalue weighted by atomic mass is 15.1. The molecule has 98 valence electrons. The lowest BCUT2D eigenvalue weighted by molar-refractivity contribution is 0.187. The summed E-state index contributed by atoms with van der Waals surface area (Å²) in [5.74, 6) is 0. The van der Waals surface area contributed by atoms with Crippen LogP contribution in [0.3, 0.4) is 0 Å². The molecular weight excluding hydrogens is 208 g/mol. The van der Waals surface area contributed by atoms with Gasteiger partial charge in [-0.3, -0.25) is 4.90 Å². The molecule has 2 aliphatic rings. The van der Waals surface area contributed by atoms with Gasteiger partial charge in [-0.2, -0.15) is 0 Å². The van der Waals surface area contributed by atoms with E-state index in [2.05, 4.69) is 30.3 Å². The molecule has 0 amide bonds. The van der Waals surface area contributed by atoms with Gasteiger partial charge in [0.25, 0.3) is 0 Å². The van der Waals surface area contributed by atoms with Crippen molar-refractivity contribution in [2.24, 2.45) is 0 Å². The van der Waals surface area contributed by atoms with E-state index >= 15 is 0 Å². The third-order valence-corrected chi connectivity index (χ3v) is 4.77. The van der Waals surface area contributed by atoms with Crippen LogP contribution < -0.4 is 5.32 Å². The molecule has 0 aromatic heterocycles. The second kappa shape index (κ2) is 6.01. The van der Waals surface area contributed by atoms with Crippen molar-refractivity contribution in [3.63, 3.8) is 0 Å². The summed E-state index contributed by atoms with van der Waals surface area (Å²) in [6, 6.07) is 0. The smallest absolute Gasteiger partial charge is 0.0190 e. The predicted octanol–water partition coefficient (Wildman–Crippen LogP) is 2.95. The minimum atomic E-state index is 0.453. The molecule has 2 rings (SSSR count). The molecule has 0 radical (unpaired) electrons. The zero-order valence-electron chi connectivity index (χ0n) is 11.6. The number of hydrogen-bond donors (Lipinski definition) is 1. The fourth-order valence-electron chi connectivity index (χ4n) is 3.24. The molecule has 1 aliphatic heterocycles. The van der Waals surface area contributed by atoms with E-state index in [4.69, 9.17) is 0 Å². The van der Waals surface area contributed by atoms with Gasteiger partial charge in [0.2, 0.25) is 0 Å². The molecule has 17 heavy (non-hydrogen) atoms. The number of hydrogen-bond acceptors (Lipinski definition) is 2. The Labute approximate surface area is 106 Å². The quantitative estimate of drug-likeness (QED) is 0.755. The topological polar surface area (TPSA) is 15.3 Å². The molecule has 0 aromatic carbocycles. The Kier molecular flexibility index (Phi) is 4.63. The molecule has 0 bridgehead atoms. The van der Waals surface area contributed by atoms with E-state index in [-0.39, 0.29) is 0 Å². The Balaban J connectivity index is 1.79. The van der Waals surface area contributed by atoms with Crippen molar-refractivity contribution < 1.29 is 0 Å². The lowest BCUT2D eigenvalue weighted by atomic mass is 9.79. The van der Waals surface area contributed by atoms with Crippen molar-refractivity contribution in [3.05, 3.63) is 11.6 Å². The summed E-state index contributed by atoms with van der Waals surface area (Å²) in [4.78, 5) is 2.61. The Hall–Kier alpha value is -0.340. The molecule has 1 fully saturated rings. The summed E-state index contributed by atoms with van der Waals surface area (Å²) >= 11 is 0. The Morgan fingerprint density at radius 3 is 2.65 bits per heavy atom. The summed E-state index contributed by atoms with van der Waals surface area (Å²) in [6.45, 7) is 5.96. The summed E-state index contributed by atoms with van der Waals surface area (Å²) in [5, 5.41) is 3.62. The first kappa shape index (κ1) is 13.1. The van der Waals surface area contributed by atoms with Crippen molar-refractivity contribution in [2.75, 3.05) is 26.7 Å². The fraction of sp³-hybridized carbons (Fsp3) is 0.867. The van der Waals surface area contributed by atoms with Gasteiger partial charge in [0.05, 0.1) is 0 Å². The number of rotatable bonds is 4. The second-order valence-electron chi connectivity index (χ2n) is 5.94. The van der Waals surface area contributed by atoms with Crippen molar-refractivity contribution in [1.82, 2.24) is 10.2 Å². The average molecular weight is 236 g/mol. The van der Waals surface area contributed by atoms with Crippen molar-refractivity contribution >= 4 is 0 Å². The lowest BCUT2D eigenvalue weighted by Crippen LogP contribution is -2.47. The van der Waals surface area contributed by atoms with E-state index in [0.29, 0.717) is 5.54 Å². The van der Waals surface area contributed by atoms with Gasteiger partial charge in [0, 0.05) is 25.2 Å². The van der Waals surface area contributed by atoms with Gasteiger partial charge in [-0.05, 0) is 39.7 Å². The van der Waals surface area contributed by atoms with Crippen LogP contribution in [0.2, 0.25) is 0 Å². The van der Waals surface area contributed by atoms with E-state index in [1.165, 1.54) is 64.6 Å². The third kappa shape index (κ3) is 3.56. The summed E-state index contributed by atoms with van der Waals surface area (Å²) in [6.07, 6.45) is 12.0. The first-order valence-corrected chi connectivity index (χ1v) is 7.31. The summed E-state index contributed by atoms with van der Waals surface area (Å²) < 4.78 is 0. The van der Waals surface area contributed by atoms with Gasteiger partial charge < -0.3 is 5.32 Å². The molecule has 2 heteroatoms. The highest BCUT2D eigenvalue weighted by molar-refractivity contribution is 5.04. The molecule has 0 aromatic rings. The Bertz CT molecular complexity index is 264. The molecule has 1 N–H and O–H groups in total. The molecule has 0 spiro atoms. The average Bonchev–Trinajstić information content (AvgIpc) is 2.39. The maximum atomic E-state index is 3.62. The zero-order chi connectivity index (χ0) is 12.1. The SMILES string of the molecule is CNC1(CCN2CC=C(C)CC2)CCCCC1. The molecule has 0 unspecified atom stereocenters. The predicted molar refractivity (Wildman–Crippen MR) is 74.3 cm³/mol. The Morgan fingerprint density at radius 2 is 2.06 bits per heavy atom. The van der Waals surface area contributed by atoms with Crippen molar-refractivity contribution in [2.45, 2.75) is 57.4 Å². The lowest BCUT2D eigenvalue weighted by Gasteiger charge is -2.39. The van der Waals surface area contributed by atoms with Gasteiger partial charge in [-0.15, -0.1) is 0 Å². The molecule has 1 heterocycles. The minimum absolute atomic E-state index is 0.453. The van der Waals surface area contributed by atoms with Gasteiger partial charge in [0.15, 0.2) is 0 Å². The van der Waals surface area contributed by atoms with Gasteiger partial charge in [-0.25, -0.2) is 0 Å². The molecule has 0 atom stereocenters. The monoisotopic (exact) mass is 236 g/mol. The number of nitrogens with one attached hydrogen (secondary N) is 1. The minimum Gasteiger partial charge on any atom is -0.314 e. The molecule has 2 nitrogen and oxygen atoms in total. The summed E-state index contributed by atoms with van der Waals surface area (Å²) in [5.41, 5.74) is 2.02. The van der Waals surface area contributed by atoms with Crippen LogP contribution in [0.5, 0.6) is 0 Å². The van der Waals surface area contributed by atoms with Crippen LogP contribution in [0.15, 0.2) is 11.6 Å². The van der Waals surface area contributed by atoms with Crippen LogP contribution in [0.4, 0.5) is 0 Å². The van der Waals surface area contributed by atoms with Crippen LogP contribution >= 0.6 is 0 Å². The first-order valence-electron chi connectivity index (χ1n) is 7.31. The molecule has 1 aliphatic carbocycles. The van der Waals surface area contributed by atoms with E-state index in [1.807, 2.05) is 0 Å². The van der Waals surface area contributed by atoms with E-state index in [1.54, 1.807) is 5.57 Å². The Morgan fingerprint density at radius 1 is 1.29 bits per heavy atom. The highest BCUT2D eigenvalue weighted by Gasteiger charge is 2.30. The first-order chi connectivity index (χ1) is 8.24. The van der Waals surface area contributed by atoms with E-state index < -0.39 is 0 Å². The molecule has 0 saturated heterocycles. The van der Waals surface area contributed by atoms with Crippen LogP contribution in [0.1, 0.15) is 51.9 Å². The third-order valence-electron chi connectivity index (χ3n) is 4.77. The van der Waals surface area contributed by atoms with Crippen LogP contribution in [0, 0.1) is 0 Å². The van der Waals surface area contributed by atoms with E-state index in [9.17, 15) is 0 Å². The summed E-state index contributed by atoms with van der Waals surface area (Å²) in [7, 11) is 2.16. The van der Waals surface area contributed by atoms with Crippen molar-refractivity contribution in [3.8, 4) is 0 Å². The molecular formula is C15H28N2. The largest absolute Gasteiger partial charge is 0.314 e. The van der Waals surface area contributed by atoms with Crippen LogP contribution in [-0.2, 0) is 0 Å². The zero-order valence-corrected chi connectivity index (χ0v) is 11.6. The highest BCUT2D eigenvalue weighted by Crippen LogP contribution is 2.31. The van der Waals surface area contributed by atoms with E-state index in [0.717, 1.165) is 0 Å². The maximum Gasteiger partial charge on any atom is 0.0190 e. The van der Waals surface area contributed by atoms with Crippen molar-refractivity contribution in [1.29, 1.82) is 0 Å². The molecule has 1 saturated carbocycles. The standard InChI is InChI=1S/C15H28N2/c1-14-6-11-17(12-7-14)13-10-15(16-2)8-4-3-5-9-15/h6,16H,3-5,7-13H2,1-2H3. The fourth-order valence-corrected chi connectivity index (χ4v) is 3.24. The normalized spacial score (nSPS) is 25.6. The van der Waals surface area contributed by atoms with Gasteiger partial charge >= 0.3 is 0 Å². The maximum absolute atomic E-state index is 3.62. The van der Waals surface area contributed by atoms with Crippen LogP contribution in [0.25, 0.3) is 0 Å². The van der Waals surface area contributed by atoms with Gasteiger partial charge in [0.1, 0.15) is 0 Å². The van der Waals surface area contributed by atoms with Gasteiger partial charge in [-0.1, -0.05) is 30.9 Å².